The van der Waals surface area contributed by atoms with Crippen molar-refractivity contribution in [3.8, 4) is 0 Å². The lowest BCUT2D eigenvalue weighted by atomic mass is 10.0. The number of anilines is 2. The average molecular weight is 427 g/mol. The van der Waals surface area contributed by atoms with Crippen molar-refractivity contribution in [3.63, 3.8) is 0 Å². The van der Waals surface area contributed by atoms with Gasteiger partial charge >= 0.3 is 0 Å². The van der Waals surface area contributed by atoms with Crippen LogP contribution in [0.3, 0.4) is 0 Å². The molecule has 1 atom stereocenters. The summed E-state index contributed by atoms with van der Waals surface area (Å²) < 4.78 is 5.55. The van der Waals surface area contributed by atoms with Crippen molar-refractivity contribution < 1.29 is 9.21 Å². The summed E-state index contributed by atoms with van der Waals surface area (Å²) in [6, 6.07) is 9.81. The Morgan fingerprint density at radius 1 is 1.30 bits per heavy atom. The summed E-state index contributed by atoms with van der Waals surface area (Å²) in [6.07, 6.45) is 5.34. The Morgan fingerprint density at radius 3 is 2.97 bits per heavy atom. The first kappa shape index (κ1) is 20.7. The van der Waals surface area contributed by atoms with Crippen LogP contribution in [0.4, 0.5) is 11.5 Å². The zero-order valence-electron chi connectivity index (χ0n) is 17.4. The number of rotatable bonds is 6. The summed E-state index contributed by atoms with van der Waals surface area (Å²) in [4.78, 5) is 19.7. The third-order valence-electron chi connectivity index (χ3n) is 5.74. The van der Waals surface area contributed by atoms with Gasteiger partial charge < -0.3 is 15.1 Å². The lowest BCUT2D eigenvalue weighted by molar-refractivity contribution is 0.0933. The quantitative estimate of drug-likeness (QED) is 0.571. The number of halogens is 1. The third-order valence-corrected chi connectivity index (χ3v) is 6.15. The van der Waals surface area contributed by atoms with Gasteiger partial charge in [0.15, 0.2) is 0 Å². The molecular formula is C23H27ClN4O2. The minimum absolute atomic E-state index is 0.206. The number of pyridine rings is 1. The van der Waals surface area contributed by atoms with E-state index in [2.05, 4.69) is 27.4 Å². The molecule has 30 heavy (non-hydrogen) atoms. The Kier molecular flexibility index (Phi) is 6.25. The number of hydrogen-bond acceptors (Lipinski definition) is 5. The van der Waals surface area contributed by atoms with E-state index in [9.17, 15) is 4.79 Å². The maximum absolute atomic E-state index is 12.8. The predicted molar refractivity (Wildman–Crippen MR) is 121 cm³/mol. The van der Waals surface area contributed by atoms with Gasteiger partial charge in [0.05, 0.1) is 11.6 Å². The van der Waals surface area contributed by atoms with E-state index in [1.54, 1.807) is 12.3 Å². The molecule has 1 unspecified atom stereocenters. The van der Waals surface area contributed by atoms with Crippen molar-refractivity contribution in [1.82, 2.24) is 15.2 Å². The monoisotopic (exact) mass is 426 g/mol. The fourth-order valence-corrected chi connectivity index (χ4v) is 4.06. The van der Waals surface area contributed by atoms with Gasteiger partial charge in [0.1, 0.15) is 17.1 Å². The second-order valence-electron chi connectivity index (χ2n) is 7.91. The van der Waals surface area contributed by atoms with Crippen molar-refractivity contribution >= 4 is 40.0 Å². The van der Waals surface area contributed by atoms with Gasteiger partial charge in [-0.1, -0.05) is 24.1 Å². The molecule has 1 aromatic carbocycles. The molecule has 1 amide bonds. The van der Waals surface area contributed by atoms with Crippen LogP contribution in [-0.4, -0.2) is 41.5 Å². The van der Waals surface area contributed by atoms with E-state index >= 15 is 0 Å². The first-order valence-corrected chi connectivity index (χ1v) is 10.8. The molecule has 158 valence electrons. The van der Waals surface area contributed by atoms with Crippen LogP contribution < -0.4 is 10.6 Å². The second kappa shape index (κ2) is 9.06. The molecule has 1 aliphatic rings. The van der Waals surface area contributed by atoms with Crippen LogP contribution in [0.25, 0.3) is 11.0 Å². The number of fused-ring (bicyclic) bond motifs is 1. The van der Waals surface area contributed by atoms with Gasteiger partial charge in [-0.3, -0.25) is 9.69 Å². The molecule has 3 heterocycles. The van der Waals surface area contributed by atoms with Crippen LogP contribution in [0.1, 0.15) is 42.2 Å². The van der Waals surface area contributed by atoms with Gasteiger partial charge in [0.25, 0.3) is 5.91 Å². The highest BCUT2D eigenvalue weighted by atomic mass is 35.5. The van der Waals surface area contributed by atoms with Gasteiger partial charge in [-0.15, -0.1) is 0 Å². The molecule has 0 saturated carbocycles. The summed E-state index contributed by atoms with van der Waals surface area (Å²) in [5.74, 6) is 0.360. The largest absolute Gasteiger partial charge is 0.464 e. The third kappa shape index (κ3) is 4.60. The molecule has 1 saturated heterocycles. The Labute approximate surface area is 181 Å². The number of carbonyl (C=O) groups is 1. The zero-order valence-corrected chi connectivity index (χ0v) is 18.1. The summed E-state index contributed by atoms with van der Waals surface area (Å²) in [7, 11) is 0. The summed E-state index contributed by atoms with van der Waals surface area (Å²) in [6.45, 7) is 6.75. The maximum Gasteiger partial charge on any atom is 0.270 e. The number of aromatic nitrogens is 1. The van der Waals surface area contributed by atoms with Crippen LogP contribution >= 0.6 is 11.6 Å². The number of carbonyl (C=O) groups excluding carboxylic acids is 1. The molecule has 0 aliphatic carbocycles. The van der Waals surface area contributed by atoms with Gasteiger partial charge in [-0.2, -0.15) is 0 Å². The molecule has 7 heteroatoms. The van der Waals surface area contributed by atoms with E-state index in [1.807, 2.05) is 31.2 Å². The summed E-state index contributed by atoms with van der Waals surface area (Å²) >= 11 is 6.24. The van der Waals surface area contributed by atoms with Gasteiger partial charge in [-0.05, 0) is 57.0 Å². The van der Waals surface area contributed by atoms with Crippen molar-refractivity contribution in [2.24, 2.45) is 0 Å². The Hall–Kier alpha value is -2.57. The number of piperidine rings is 1. The van der Waals surface area contributed by atoms with E-state index in [4.69, 9.17) is 16.0 Å². The Morgan fingerprint density at radius 2 is 2.17 bits per heavy atom. The molecule has 6 nitrogen and oxygen atoms in total. The first-order valence-electron chi connectivity index (χ1n) is 10.4. The molecular weight excluding hydrogens is 400 g/mol. The molecule has 0 spiro atoms. The summed E-state index contributed by atoms with van der Waals surface area (Å²) in [5.41, 5.74) is 2.74. The molecule has 4 rings (SSSR count). The van der Waals surface area contributed by atoms with Crippen LogP contribution in [0.2, 0.25) is 5.02 Å². The van der Waals surface area contributed by atoms with Crippen molar-refractivity contribution in [1.29, 1.82) is 0 Å². The van der Waals surface area contributed by atoms with Crippen LogP contribution in [0.5, 0.6) is 0 Å². The Bertz CT molecular complexity index is 1050. The van der Waals surface area contributed by atoms with Crippen molar-refractivity contribution in [2.75, 3.05) is 25.0 Å². The number of nitrogens with one attached hydrogen (secondary N) is 2. The van der Waals surface area contributed by atoms with Crippen LogP contribution in [0.15, 0.2) is 41.0 Å². The predicted octanol–water partition coefficient (Wildman–Crippen LogP) is 5.14. The smallest absolute Gasteiger partial charge is 0.270 e. The lowest BCUT2D eigenvalue weighted by Gasteiger charge is -2.33. The van der Waals surface area contributed by atoms with Crippen molar-refractivity contribution in [2.45, 2.75) is 39.2 Å². The zero-order chi connectivity index (χ0) is 21.1. The molecule has 1 fully saturated rings. The van der Waals surface area contributed by atoms with Gasteiger partial charge in [-0.25, -0.2) is 4.98 Å². The minimum Gasteiger partial charge on any atom is -0.464 e. The number of furan rings is 1. The molecule has 0 bridgehead atoms. The Balaban J connectivity index is 1.48. The standard InChI is InChI=1S/C23H27ClN4O2/c1-15-6-7-17(13-19(15)24)26-22-18-8-12-30-21(18)14-20(27-22)23(29)25-9-11-28-10-4-3-5-16(28)2/h6-8,12-14,16H,3-5,9-11H2,1-2H3,(H,25,29)(H,26,27). The first-order chi connectivity index (χ1) is 14.5. The average Bonchev–Trinajstić information content (AvgIpc) is 3.21. The van der Waals surface area contributed by atoms with Crippen LogP contribution in [-0.2, 0) is 0 Å². The topological polar surface area (TPSA) is 70.4 Å². The van der Waals surface area contributed by atoms with E-state index in [1.165, 1.54) is 19.3 Å². The van der Waals surface area contributed by atoms with Crippen molar-refractivity contribution in [3.05, 3.63) is 52.9 Å². The SMILES string of the molecule is Cc1ccc(Nc2nc(C(=O)NCCN3CCCCC3C)cc3occc23)cc1Cl. The number of aryl methyl sites for hydroxylation is 1. The van der Waals surface area contributed by atoms with Crippen LogP contribution in [0, 0.1) is 6.92 Å². The molecule has 3 aromatic rings. The van der Waals surface area contributed by atoms with Gasteiger partial charge in [0, 0.05) is 35.9 Å². The minimum atomic E-state index is -0.206. The van der Waals surface area contributed by atoms with Gasteiger partial charge in [0.2, 0.25) is 0 Å². The fourth-order valence-electron chi connectivity index (χ4n) is 3.88. The number of nitrogens with zero attached hydrogens (tertiary/aromatic N) is 2. The number of hydrogen-bond donors (Lipinski definition) is 2. The number of amides is 1. The normalized spacial score (nSPS) is 17.2. The second-order valence-corrected chi connectivity index (χ2v) is 8.32. The number of likely N-dealkylation sites (tertiary alicyclic amines) is 1. The molecule has 2 N–H and O–H groups in total. The van der Waals surface area contributed by atoms with E-state index in [0.717, 1.165) is 29.7 Å². The number of benzene rings is 1. The highest BCUT2D eigenvalue weighted by Gasteiger charge is 2.19. The molecule has 0 radical (unpaired) electrons. The summed E-state index contributed by atoms with van der Waals surface area (Å²) in [5, 5.41) is 7.75. The highest BCUT2D eigenvalue weighted by Crippen LogP contribution is 2.28. The molecule has 2 aromatic heterocycles. The fraction of sp³-hybridized carbons (Fsp3) is 0.391. The lowest BCUT2D eigenvalue weighted by Crippen LogP contribution is -2.42. The maximum atomic E-state index is 12.8. The van der Waals surface area contributed by atoms with E-state index < -0.39 is 0 Å². The molecule has 1 aliphatic heterocycles. The van der Waals surface area contributed by atoms with E-state index in [-0.39, 0.29) is 5.91 Å². The highest BCUT2D eigenvalue weighted by molar-refractivity contribution is 6.31. The van der Waals surface area contributed by atoms with E-state index in [0.29, 0.717) is 34.7 Å².